The number of aromatic nitrogens is 3. The normalized spacial score (nSPS) is 14.9. The molecule has 0 N–H and O–H groups in total. The second-order valence-electron chi connectivity index (χ2n) is 6.78. The molecule has 0 spiro atoms. The molecule has 0 unspecified atom stereocenters. The Kier molecular flexibility index (Phi) is 6.15. The second-order valence-corrected chi connectivity index (χ2v) is 7.72. The molecule has 2 aromatic rings. The van der Waals surface area contributed by atoms with E-state index in [-0.39, 0.29) is 11.8 Å². The lowest BCUT2D eigenvalue weighted by Gasteiger charge is -2.21. The predicted octanol–water partition coefficient (Wildman–Crippen LogP) is 2.06. The van der Waals surface area contributed by atoms with Gasteiger partial charge in [0.2, 0.25) is 11.8 Å². The van der Waals surface area contributed by atoms with Crippen molar-refractivity contribution in [2.45, 2.75) is 32.3 Å². The summed E-state index contributed by atoms with van der Waals surface area (Å²) in [5, 5.41) is 8.88. The Bertz CT molecular complexity index is 835. The zero-order valence-electron chi connectivity index (χ0n) is 16.0. The first-order chi connectivity index (χ1) is 13.0. The highest BCUT2D eigenvalue weighted by Gasteiger charge is 2.21. The third-order valence-electron chi connectivity index (χ3n) is 4.90. The van der Waals surface area contributed by atoms with E-state index in [1.807, 2.05) is 15.5 Å². The summed E-state index contributed by atoms with van der Waals surface area (Å²) >= 11 is 1.39. The monoisotopic (exact) mass is 387 g/mol. The van der Waals surface area contributed by atoms with Crippen molar-refractivity contribution < 1.29 is 9.59 Å². The summed E-state index contributed by atoms with van der Waals surface area (Å²) in [6.07, 6.45) is 2.49. The third-order valence-corrected chi connectivity index (χ3v) is 5.83. The van der Waals surface area contributed by atoms with E-state index in [2.05, 4.69) is 36.2 Å². The molecule has 27 heavy (non-hydrogen) atoms. The fourth-order valence-electron chi connectivity index (χ4n) is 3.07. The first kappa shape index (κ1) is 19.4. The van der Waals surface area contributed by atoms with E-state index < -0.39 is 0 Å². The van der Waals surface area contributed by atoms with Crippen LogP contribution in [-0.2, 0) is 9.59 Å². The third kappa shape index (κ3) is 4.68. The van der Waals surface area contributed by atoms with E-state index in [1.54, 1.807) is 18.2 Å². The minimum atomic E-state index is 0.0695. The first-order valence-electron chi connectivity index (χ1n) is 9.09. The van der Waals surface area contributed by atoms with Gasteiger partial charge in [0, 0.05) is 38.8 Å². The van der Waals surface area contributed by atoms with Crippen molar-refractivity contribution in [1.29, 1.82) is 0 Å². The summed E-state index contributed by atoms with van der Waals surface area (Å²) in [5.74, 6) is 0.448. The predicted molar refractivity (Wildman–Crippen MR) is 105 cm³/mol. The highest BCUT2D eigenvalue weighted by molar-refractivity contribution is 7.99. The molecular formula is C19H25N5O2S. The van der Waals surface area contributed by atoms with E-state index >= 15 is 0 Å². The Morgan fingerprint density at radius 1 is 1.07 bits per heavy atom. The highest BCUT2D eigenvalue weighted by Crippen LogP contribution is 2.22. The van der Waals surface area contributed by atoms with Crippen LogP contribution >= 0.6 is 11.8 Å². The highest BCUT2D eigenvalue weighted by atomic mass is 32.2. The standard InChI is InChI=1S/C19H25N5O2S/c1-14-5-6-17(11-15(14)2)24-13-20-21-19(24)27-12-18(26)23-8-4-7-22(9-10-23)16(3)25/h5-6,11,13H,4,7-10,12H2,1-3H3. The van der Waals surface area contributed by atoms with E-state index in [1.165, 1.54) is 22.9 Å². The smallest absolute Gasteiger partial charge is 0.233 e. The van der Waals surface area contributed by atoms with Gasteiger partial charge in [-0.2, -0.15) is 0 Å². The summed E-state index contributed by atoms with van der Waals surface area (Å²) in [6.45, 7) is 8.32. The Labute approximate surface area is 163 Å². The van der Waals surface area contributed by atoms with Crippen LogP contribution in [0.25, 0.3) is 5.69 Å². The molecule has 2 amide bonds. The molecule has 0 aliphatic carbocycles. The van der Waals surface area contributed by atoms with Gasteiger partial charge in [-0.25, -0.2) is 0 Å². The van der Waals surface area contributed by atoms with Crippen LogP contribution in [0.3, 0.4) is 0 Å². The van der Waals surface area contributed by atoms with Crippen LogP contribution in [0.1, 0.15) is 24.5 Å². The van der Waals surface area contributed by atoms with Gasteiger partial charge >= 0.3 is 0 Å². The Morgan fingerprint density at radius 3 is 2.56 bits per heavy atom. The van der Waals surface area contributed by atoms with E-state index in [4.69, 9.17) is 0 Å². The van der Waals surface area contributed by atoms with Crippen LogP contribution < -0.4 is 0 Å². The molecule has 7 nitrogen and oxygen atoms in total. The van der Waals surface area contributed by atoms with Gasteiger partial charge in [-0.1, -0.05) is 17.8 Å². The maximum absolute atomic E-state index is 12.6. The second kappa shape index (κ2) is 8.56. The van der Waals surface area contributed by atoms with Crippen molar-refractivity contribution in [1.82, 2.24) is 24.6 Å². The van der Waals surface area contributed by atoms with Crippen LogP contribution in [0.4, 0.5) is 0 Å². The minimum absolute atomic E-state index is 0.0695. The van der Waals surface area contributed by atoms with Crippen molar-refractivity contribution in [3.8, 4) is 5.69 Å². The average Bonchev–Trinajstić information content (AvgIpc) is 2.96. The van der Waals surface area contributed by atoms with Gasteiger partial charge in [-0.3, -0.25) is 14.2 Å². The van der Waals surface area contributed by atoms with E-state index in [0.717, 1.165) is 12.1 Å². The van der Waals surface area contributed by atoms with Gasteiger partial charge in [0.05, 0.1) is 5.75 Å². The number of hydrogen-bond acceptors (Lipinski definition) is 5. The number of amides is 2. The van der Waals surface area contributed by atoms with Crippen molar-refractivity contribution in [2.24, 2.45) is 0 Å². The zero-order valence-corrected chi connectivity index (χ0v) is 16.8. The maximum Gasteiger partial charge on any atom is 0.233 e. The number of aryl methyl sites for hydroxylation is 2. The van der Waals surface area contributed by atoms with Crippen molar-refractivity contribution in [3.05, 3.63) is 35.7 Å². The van der Waals surface area contributed by atoms with Crippen molar-refractivity contribution in [2.75, 3.05) is 31.9 Å². The Balaban J connectivity index is 1.62. The molecule has 0 saturated carbocycles. The fraction of sp³-hybridized carbons (Fsp3) is 0.474. The molecule has 0 radical (unpaired) electrons. The molecule has 1 aliphatic heterocycles. The van der Waals surface area contributed by atoms with Crippen LogP contribution in [0, 0.1) is 13.8 Å². The van der Waals surface area contributed by atoms with E-state index in [0.29, 0.717) is 37.1 Å². The van der Waals surface area contributed by atoms with Gasteiger partial charge in [-0.05, 0) is 43.5 Å². The summed E-state index contributed by atoms with van der Waals surface area (Å²) in [4.78, 5) is 27.8. The van der Waals surface area contributed by atoms with Gasteiger partial charge in [0.1, 0.15) is 6.33 Å². The van der Waals surface area contributed by atoms with Crippen LogP contribution in [0.5, 0.6) is 0 Å². The molecule has 144 valence electrons. The molecule has 3 rings (SSSR count). The lowest BCUT2D eigenvalue weighted by Crippen LogP contribution is -2.37. The van der Waals surface area contributed by atoms with Gasteiger partial charge in [0.15, 0.2) is 5.16 Å². The summed E-state index contributed by atoms with van der Waals surface area (Å²) in [6, 6.07) is 6.20. The molecule has 1 fully saturated rings. The molecule has 1 aliphatic rings. The van der Waals surface area contributed by atoms with Crippen LogP contribution in [0.2, 0.25) is 0 Å². The number of thioether (sulfide) groups is 1. The largest absolute Gasteiger partial charge is 0.341 e. The molecule has 1 aromatic carbocycles. The first-order valence-corrected chi connectivity index (χ1v) is 10.1. The number of carbonyl (C=O) groups is 2. The molecule has 1 saturated heterocycles. The summed E-state index contributed by atoms with van der Waals surface area (Å²) in [7, 11) is 0. The minimum Gasteiger partial charge on any atom is -0.341 e. The number of carbonyl (C=O) groups excluding carboxylic acids is 2. The SMILES string of the molecule is CC(=O)N1CCCN(C(=O)CSc2nncn2-c2ccc(C)c(C)c2)CC1. The number of benzene rings is 1. The molecule has 0 atom stereocenters. The van der Waals surface area contributed by atoms with Gasteiger partial charge in [-0.15, -0.1) is 10.2 Å². The van der Waals surface area contributed by atoms with Crippen LogP contribution in [0.15, 0.2) is 29.7 Å². The van der Waals surface area contributed by atoms with Crippen molar-refractivity contribution in [3.63, 3.8) is 0 Å². The maximum atomic E-state index is 12.6. The summed E-state index contributed by atoms with van der Waals surface area (Å²) in [5.41, 5.74) is 3.43. The molecule has 2 heterocycles. The van der Waals surface area contributed by atoms with E-state index in [9.17, 15) is 9.59 Å². The van der Waals surface area contributed by atoms with Gasteiger partial charge < -0.3 is 9.80 Å². The molecule has 8 heteroatoms. The average molecular weight is 388 g/mol. The van der Waals surface area contributed by atoms with Crippen LogP contribution in [-0.4, -0.2) is 68.3 Å². The number of nitrogens with zero attached hydrogens (tertiary/aromatic N) is 5. The number of hydrogen-bond donors (Lipinski definition) is 0. The fourth-order valence-corrected chi connectivity index (χ4v) is 3.91. The van der Waals surface area contributed by atoms with Gasteiger partial charge in [0.25, 0.3) is 0 Å². The molecular weight excluding hydrogens is 362 g/mol. The molecule has 0 bridgehead atoms. The topological polar surface area (TPSA) is 71.3 Å². The lowest BCUT2D eigenvalue weighted by molar-refractivity contribution is -0.130. The number of rotatable bonds is 4. The molecule has 1 aromatic heterocycles. The van der Waals surface area contributed by atoms with Crippen molar-refractivity contribution >= 4 is 23.6 Å². The Morgan fingerprint density at radius 2 is 1.81 bits per heavy atom. The zero-order chi connectivity index (χ0) is 19.4. The summed E-state index contributed by atoms with van der Waals surface area (Å²) < 4.78 is 1.91. The Hall–Kier alpha value is -2.35. The quantitative estimate of drug-likeness (QED) is 0.751. The lowest BCUT2D eigenvalue weighted by atomic mass is 10.1.